The number of aromatic nitrogens is 1. The van der Waals surface area contributed by atoms with Gasteiger partial charge in [0.1, 0.15) is 5.76 Å². The number of pyridine rings is 1. The van der Waals surface area contributed by atoms with Crippen LogP contribution < -0.4 is 5.73 Å². The summed E-state index contributed by atoms with van der Waals surface area (Å²) in [6.07, 6.45) is 5.37. The zero-order chi connectivity index (χ0) is 12.5. The zero-order valence-corrected chi connectivity index (χ0v) is 10.1. The SMILES string of the molecule is Cc1cc(C(N)c2cccc3cnccc23)co1. The van der Waals surface area contributed by atoms with Crippen LogP contribution in [0.25, 0.3) is 10.8 Å². The Labute approximate surface area is 105 Å². The van der Waals surface area contributed by atoms with Crippen LogP contribution >= 0.6 is 0 Å². The van der Waals surface area contributed by atoms with Crippen LogP contribution in [-0.4, -0.2) is 4.98 Å². The molecule has 3 heteroatoms. The molecule has 18 heavy (non-hydrogen) atoms. The molecule has 2 N–H and O–H groups in total. The number of hydrogen-bond donors (Lipinski definition) is 1. The molecule has 1 atom stereocenters. The Morgan fingerprint density at radius 3 is 2.94 bits per heavy atom. The first-order chi connectivity index (χ1) is 8.75. The lowest BCUT2D eigenvalue weighted by molar-refractivity contribution is 0.530. The van der Waals surface area contributed by atoms with Gasteiger partial charge in [0.25, 0.3) is 0 Å². The van der Waals surface area contributed by atoms with Crippen LogP contribution in [0.5, 0.6) is 0 Å². The highest BCUT2D eigenvalue weighted by Gasteiger charge is 2.13. The van der Waals surface area contributed by atoms with E-state index in [1.54, 1.807) is 12.5 Å². The average Bonchev–Trinajstić information content (AvgIpc) is 2.84. The summed E-state index contributed by atoms with van der Waals surface area (Å²) in [5, 5.41) is 2.24. The fourth-order valence-electron chi connectivity index (χ4n) is 2.23. The second-order valence-corrected chi connectivity index (χ2v) is 4.41. The summed E-state index contributed by atoms with van der Waals surface area (Å²) in [7, 11) is 0. The Balaban J connectivity index is 2.14. The molecule has 2 heterocycles. The van der Waals surface area contributed by atoms with Gasteiger partial charge in [-0.15, -0.1) is 0 Å². The quantitative estimate of drug-likeness (QED) is 0.746. The molecule has 0 spiro atoms. The summed E-state index contributed by atoms with van der Waals surface area (Å²) >= 11 is 0. The van der Waals surface area contributed by atoms with Crippen molar-refractivity contribution in [3.63, 3.8) is 0 Å². The lowest BCUT2D eigenvalue weighted by Gasteiger charge is -2.12. The molecular weight excluding hydrogens is 224 g/mol. The molecule has 3 aromatic rings. The van der Waals surface area contributed by atoms with Gasteiger partial charge in [0, 0.05) is 23.3 Å². The lowest BCUT2D eigenvalue weighted by atomic mass is 9.97. The van der Waals surface area contributed by atoms with E-state index in [1.807, 2.05) is 37.4 Å². The number of nitrogens with zero attached hydrogens (tertiary/aromatic N) is 1. The average molecular weight is 238 g/mol. The van der Waals surface area contributed by atoms with Gasteiger partial charge in [-0.05, 0) is 30.0 Å². The van der Waals surface area contributed by atoms with Crippen molar-refractivity contribution < 1.29 is 4.42 Å². The monoisotopic (exact) mass is 238 g/mol. The molecule has 0 radical (unpaired) electrons. The number of fused-ring (bicyclic) bond motifs is 1. The Bertz CT molecular complexity index is 682. The molecule has 3 rings (SSSR count). The van der Waals surface area contributed by atoms with E-state index in [4.69, 9.17) is 10.2 Å². The molecule has 0 bridgehead atoms. The standard InChI is InChI=1S/C15H14N2O/c1-10-7-12(9-18-10)15(16)14-4-2-3-11-8-17-6-5-13(11)14/h2-9,15H,16H2,1H3. The minimum Gasteiger partial charge on any atom is -0.469 e. The van der Waals surface area contributed by atoms with Gasteiger partial charge in [0.05, 0.1) is 12.3 Å². The number of benzene rings is 1. The van der Waals surface area contributed by atoms with Gasteiger partial charge >= 0.3 is 0 Å². The highest BCUT2D eigenvalue weighted by molar-refractivity contribution is 5.85. The van der Waals surface area contributed by atoms with Crippen molar-refractivity contribution in [2.45, 2.75) is 13.0 Å². The van der Waals surface area contributed by atoms with E-state index in [0.717, 1.165) is 27.7 Å². The Morgan fingerprint density at radius 2 is 2.17 bits per heavy atom. The van der Waals surface area contributed by atoms with Crippen LogP contribution in [0.2, 0.25) is 0 Å². The summed E-state index contributed by atoms with van der Waals surface area (Å²) in [4.78, 5) is 4.13. The second kappa shape index (κ2) is 4.27. The minimum atomic E-state index is -0.173. The number of nitrogens with two attached hydrogens (primary N) is 1. The molecule has 3 nitrogen and oxygen atoms in total. The fourth-order valence-corrected chi connectivity index (χ4v) is 2.23. The molecule has 0 aliphatic heterocycles. The van der Waals surface area contributed by atoms with E-state index in [2.05, 4.69) is 11.1 Å². The molecule has 1 unspecified atom stereocenters. The number of hydrogen-bond acceptors (Lipinski definition) is 3. The summed E-state index contributed by atoms with van der Waals surface area (Å²) in [6.45, 7) is 1.92. The maximum absolute atomic E-state index is 6.32. The van der Waals surface area contributed by atoms with Gasteiger partial charge in [0.15, 0.2) is 0 Å². The van der Waals surface area contributed by atoms with Crippen molar-refractivity contribution >= 4 is 10.8 Å². The number of aryl methyl sites for hydroxylation is 1. The Kier molecular flexibility index (Phi) is 2.61. The van der Waals surface area contributed by atoms with Crippen molar-refractivity contribution in [1.29, 1.82) is 0 Å². The van der Waals surface area contributed by atoms with Crippen molar-refractivity contribution in [1.82, 2.24) is 4.98 Å². The van der Waals surface area contributed by atoms with Gasteiger partial charge in [-0.25, -0.2) is 0 Å². The van der Waals surface area contributed by atoms with Gasteiger partial charge in [-0.3, -0.25) is 4.98 Å². The van der Waals surface area contributed by atoms with E-state index in [0.29, 0.717) is 0 Å². The van der Waals surface area contributed by atoms with Crippen LogP contribution in [0.3, 0.4) is 0 Å². The summed E-state index contributed by atoms with van der Waals surface area (Å²) < 4.78 is 5.33. The number of rotatable bonds is 2. The van der Waals surface area contributed by atoms with Crippen molar-refractivity contribution in [2.75, 3.05) is 0 Å². The van der Waals surface area contributed by atoms with Gasteiger partial charge in [0.2, 0.25) is 0 Å². The van der Waals surface area contributed by atoms with Crippen LogP contribution in [0.15, 0.2) is 53.4 Å². The molecule has 0 aliphatic rings. The third-order valence-corrected chi connectivity index (χ3v) is 3.16. The van der Waals surface area contributed by atoms with Crippen molar-refractivity contribution in [2.24, 2.45) is 5.73 Å². The maximum Gasteiger partial charge on any atom is 0.101 e. The van der Waals surface area contributed by atoms with Crippen LogP contribution in [0, 0.1) is 6.92 Å². The van der Waals surface area contributed by atoms with Crippen molar-refractivity contribution in [3.8, 4) is 0 Å². The normalized spacial score (nSPS) is 12.8. The lowest BCUT2D eigenvalue weighted by Crippen LogP contribution is -2.11. The Hall–Kier alpha value is -2.13. The van der Waals surface area contributed by atoms with Gasteiger partial charge < -0.3 is 10.2 Å². The van der Waals surface area contributed by atoms with E-state index in [-0.39, 0.29) is 6.04 Å². The maximum atomic E-state index is 6.32. The Morgan fingerprint density at radius 1 is 1.28 bits per heavy atom. The first-order valence-electron chi connectivity index (χ1n) is 5.89. The van der Waals surface area contributed by atoms with Crippen LogP contribution in [0.4, 0.5) is 0 Å². The third kappa shape index (κ3) is 1.79. The third-order valence-electron chi connectivity index (χ3n) is 3.16. The predicted molar refractivity (Wildman–Crippen MR) is 71.2 cm³/mol. The molecule has 0 fully saturated rings. The molecule has 0 aliphatic carbocycles. The molecule has 0 amide bonds. The predicted octanol–water partition coefficient (Wildman–Crippen LogP) is 3.18. The van der Waals surface area contributed by atoms with Gasteiger partial charge in [-0.1, -0.05) is 18.2 Å². The molecule has 1 aromatic carbocycles. The molecular formula is C15H14N2O. The van der Waals surface area contributed by atoms with Crippen LogP contribution in [-0.2, 0) is 0 Å². The fraction of sp³-hybridized carbons (Fsp3) is 0.133. The molecule has 2 aromatic heterocycles. The largest absolute Gasteiger partial charge is 0.469 e. The number of furan rings is 1. The van der Waals surface area contributed by atoms with Gasteiger partial charge in [-0.2, -0.15) is 0 Å². The highest BCUT2D eigenvalue weighted by Crippen LogP contribution is 2.27. The van der Waals surface area contributed by atoms with Crippen LogP contribution in [0.1, 0.15) is 22.9 Å². The summed E-state index contributed by atoms with van der Waals surface area (Å²) in [5.41, 5.74) is 8.41. The summed E-state index contributed by atoms with van der Waals surface area (Å²) in [5.74, 6) is 0.877. The molecule has 90 valence electrons. The smallest absolute Gasteiger partial charge is 0.101 e. The highest BCUT2D eigenvalue weighted by atomic mass is 16.3. The van der Waals surface area contributed by atoms with E-state index in [1.165, 1.54) is 0 Å². The first kappa shape index (κ1) is 11.0. The summed E-state index contributed by atoms with van der Waals surface area (Å²) in [6, 6.07) is 9.90. The minimum absolute atomic E-state index is 0.173. The zero-order valence-electron chi connectivity index (χ0n) is 10.1. The van der Waals surface area contributed by atoms with E-state index < -0.39 is 0 Å². The molecule has 0 saturated carbocycles. The first-order valence-corrected chi connectivity index (χ1v) is 5.89. The second-order valence-electron chi connectivity index (χ2n) is 4.41. The molecule has 0 saturated heterocycles. The van der Waals surface area contributed by atoms with Crippen molar-refractivity contribution in [3.05, 3.63) is 65.9 Å². The van der Waals surface area contributed by atoms with E-state index in [9.17, 15) is 0 Å². The van der Waals surface area contributed by atoms with E-state index >= 15 is 0 Å². The topological polar surface area (TPSA) is 52.0 Å².